The maximum atomic E-state index is 11.1. The highest BCUT2D eigenvalue weighted by atomic mass is 16.6. The lowest BCUT2D eigenvalue weighted by molar-refractivity contribution is -0.153. The van der Waals surface area contributed by atoms with Crippen LogP contribution in [0.5, 0.6) is 0 Å². The van der Waals surface area contributed by atoms with Crippen LogP contribution >= 0.6 is 0 Å². The van der Waals surface area contributed by atoms with Crippen LogP contribution in [0.4, 0.5) is 0 Å². The second-order valence-corrected chi connectivity index (χ2v) is 3.01. The van der Waals surface area contributed by atoms with E-state index < -0.39 is 11.9 Å². The zero-order chi connectivity index (χ0) is 10.6. The first-order valence-corrected chi connectivity index (χ1v) is 4.31. The Morgan fingerprint density at radius 2 is 2.21 bits per heavy atom. The molecular weight excluding hydrogens is 184 g/mol. The van der Waals surface area contributed by atoms with Crippen molar-refractivity contribution in [2.45, 2.75) is 18.9 Å². The number of carbonyl (C=O) groups is 2. The molecule has 4 nitrogen and oxygen atoms in total. The Morgan fingerprint density at radius 3 is 2.71 bits per heavy atom. The van der Waals surface area contributed by atoms with Gasteiger partial charge in [-0.05, 0) is 12.8 Å². The van der Waals surface area contributed by atoms with Crippen molar-refractivity contribution in [2.24, 2.45) is 0 Å². The SMILES string of the molecule is C=CC(=O)OC(=O)C(=C)CCC1CO1. The summed E-state index contributed by atoms with van der Waals surface area (Å²) in [4.78, 5) is 21.8. The maximum absolute atomic E-state index is 11.1. The summed E-state index contributed by atoms with van der Waals surface area (Å²) >= 11 is 0. The Morgan fingerprint density at radius 1 is 1.57 bits per heavy atom. The Labute approximate surface area is 82.2 Å². The summed E-state index contributed by atoms with van der Waals surface area (Å²) in [5.74, 6) is -1.44. The molecular formula is C10H12O4. The van der Waals surface area contributed by atoms with E-state index in [9.17, 15) is 9.59 Å². The normalized spacial score (nSPS) is 18.4. The van der Waals surface area contributed by atoms with E-state index in [1.807, 2.05) is 0 Å². The summed E-state index contributed by atoms with van der Waals surface area (Å²) in [7, 11) is 0. The van der Waals surface area contributed by atoms with Crippen molar-refractivity contribution in [3.63, 3.8) is 0 Å². The molecule has 0 spiro atoms. The van der Waals surface area contributed by atoms with Crippen LogP contribution in [0.3, 0.4) is 0 Å². The molecule has 1 saturated heterocycles. The molecule has 0 radical (unpaired) electrons. The smallest absolute Gasteiger partial charge is 0.341 e. The molecule has 1 aliphatic heterocycles. The molecule has 1 aliphatic rings. The van der Waals surface area contributed by atoms with Gasteiger partial charge in [0, 0.05) is 11.6 Å². The number of rotatable bonds is 5. The van der Waals surface area contributed by atoms with Crippen LogP contribution in [-0.2, 0) is 19.1 Å². The average molecular weight is 196 g/mol. The van der Waals surface area contributed by atoms with Crippen molar-refractivity contribution in [1.29, 1.82) is 0 Å². The van der Waals surface area contributed by atoms with E-state index in [2.05, 4.69) is 17.9 Å². The standard InChI is InChI=1S/C10H12O4/c1-3-9(11)14-10(12)7(2)4-5-8-6-13-8/h3,8H,1-2,4-6H2. The largest absolute Gasteiger partial charge is 0.386 e. The molecule has 0 aliphatic carbocycles. The summed E-state index contributed by atoms with van der Waals surface area (Å²) in [5, 5.41) is 0. The summed E-state index contributed by atoms with van der Waals surface area (Å²) in [6.07, 6.45) is 2.42. The fraction of sp³-hybridized carbons (Fsp3) is 0.400. The molecule has 1 unspecified atom stereocenters. The van der Waals surface area contributed by atoms with Gasteiger partial charge in [0.2, 0.25) is 0 Å². The van der Waals surface area contributed by atoms with Gasteiger partial charge in [0.15, 0.2) is 0 Å². The van der Waals surface area contributed by atoms with E-state index in [1.165, 1.54) is 0 Å². The molecule has 0 aromatic carbocycles. The van der Waals surface area contributed by atoms with Crippen LogP contribution in [0.25, 0.3) is 0 Å². The predicted octanol–water partition coefficient (Wildman–Crippen LogP) is 0.977. The Balaban J connectivity index is 2.24. The first-order chi connectivity index (χ1) is 6.63. The van der Waals surface area contributed by atoms with Crippen LogP contribution in [0.1, 0.15) is 12.8 Å². The fourth-order valence-corrected chi connectivity index (χ4v) is 0.877. The monoisotopic (exact) mass is 196 g/mol. The molecule has 76 valence electrons. The van der Waals surface area contributed by atoms with Crippen molar-refractivity contribution in [1.82, 2.24) is 0 Å². The van der Waals surface area contributed by atoms with Gasteiger partial charge in [0.05, 0.1) is 12.7 Å². The molecule has 1 heterocycles. The molecule has 1 rings (SSSR count). The van der Waals surface area contributed by atoms with Crippen LogP contribution in [-0.4, -0.2) is 24.6 Å². The van der Waals surface area contributed by atoms with Gasteiger partial charge in [-0.3, -0.25) is 0 Å². The number of hydrogen-bond donors (Lipinski definition) is 0. The topological polar surface area (TPSA) is 55.9 Å². The molecule has 4 heteroatoms. The number of hydrogen-bond acceptors (Lipinski definition) is 4. The Bertz CT molecular complexity index is 276. The van der Waals surface area contributed by atoms with Gasteiger partial charge in [-0.15, -0.1) is 0 Å². The summed E-state index contributed by atoms with van der Waals surface area (Å²) in [6, 6.07) is 0. The first kappa shape index (κ1) is 10.7. The highest BCUT2D eigenvalue weighted by Crippen LogP contribution is 2.18. The Hall–Kier alpha value is -1.42. The molecule has 0 N–H and O–H groups in total. The number of carbonyl (C=O) groups excluding carboxylic acids is 2. The van der Waals surface area contributed by atoms with Crippen LogP contribution in [0.2, 0.25) is 0 Å². The summed E-state index contributed by atoms with van der Waals surface area (Å²) in [6.45, 7) is 7.45. The first-order valence-electron chi connectivity index (χ1n) is 4.31. The average Bonchev–Trinajstić information content (AvgIpc) is 2.97. The van der Waals surface area contributed by atoms with E-state index in [0.717, 1.165) is 19.1 Å². The zero-order valence-corrected chi connectivity index (χ0v) is 7.82. The van der Waals surface area contributed by atoms with Crippen molar-refractivity contribution in [2.75, 3.05) is 6.61 Å². The molecule has 0 saturated carbocycles. The highest BCUT2D eigenvalue weighted by molar-refractivity contribution is 5.98. The minimum absolute atomic E-state index is 0.245. The van der Waals surface area contributed by atoms with Crippen LogP contribution in [0, 0.1) is 0 Å². The molecule has 0 amide bonds. The molecule has 0 bridgehead atoms. The lowest BCUT2D eigenvalue weighted by atomic mass is 10.1. The lowest BCUT2D eigenvalue weighted by Crippen LogP contribution is -2.12. The van der Waals surface area contributed by atoms with Gasteiger partial charge >= 0.3 is 11.9 Å². The second kappa shape index (κ2) is 4.72. The van der Waals surface area contributed by atoms with Crippen molar-refractivity contribution < 1.29 is 19.1 Å². The van der Waals surface area contributed by atoms with Crippen molar-refractivity contribution in [3.05, 3.63) is 24.8 Å². The van der Waals surface area contributed by atoms with Gasteiger partial charge in [-0.25, -0.2) is 9.59 Å². The minimum atomic E-state index is -0.751. The van der Waals surface area contributed by atoms with E-state index in [0.29, 0.717) is 6.42 Å². The van der Waals surface area contributed by atoms with E-state index >= 15 is 0 Å². The Kier molecular flexibility index (Phi) is 3.59. The summed E-state index contributed by atoms with van der Waals surface area (Å²) < 4.78 is 9.34. The van der Waals surface area contributed by atoms with Gasteiger partial charge < -0.3 is 9.47 Å². The van der Waals surface area contributed by atoms with Crippen molar-refractivity contribution in [3.8, 4) is 0 Å². The van der Waals surface area contributed by atoms with Crippen LogP contribution in [0.15, 0.2) is 24.8 Å². The molecule has 0 aromatic rings. The van der Waals surface area contributed by atoms with E-state index in [-0.39, 0.29) is 11.7 Å². The van der Waals surface area contributed by atoms with Gasteiger partial charge in [0.25, 0.3) is 0 Å². The molecule has 1 atom stereocenters. The molecule has 14 heavy (non-hydrogen) atoms. The van der Waals surface area contributed by atoms with Crippen LogP contribution < -0.4 is 0 Å². The fourth-order valence-electron chi connectivity index (χ4n) is 0.877. The number of epoxide rings is 1. The third-order valence-corrected chi connectivity index (χ3v) is 1.82. The zero-order valence-electron chi connectivity index (χ0n) is 7.82. The van der Waals surface area contributed by atoms with Gasteiger partial charge in [-0.2, -0.15) is 0 Å². The van der Waals surface area contributed by atoms with Gasteiger partial charge in [0.1, 0.15) is 0 Å². The minimum Gasteiger partial charge on any atom is -0.386 e. The third kappa shape index (κ3) is 3.53. The van der Waals surface area contributed by atoms with E-state index in [4.69, 9.17) is 4.74 Å². The predicted molar refractivity (Wildman–Crippen MR) is 49.4 cm³/mol. The maximum Gasteiger partial charge on any atom is 0.341 e. The summed E-state index contributed by atoms with van der Waals surface area (Å²) in [5.41, 5.74) is 0.288. The van der Waals surface area contributed by atoms with Crippen molar-refractivity contribution >= 4 is 11.9 Å². The number of ether oxygens (including phenoxy) is 2. The number of esters is 2. The van der Waals surface area contributed by atoms with E-state index in [1.54, 1.807) is 0 Å². The van der Waals surface area contributed by atoms with Gasteiger partial charge in [-0.1, -0.05) is 13.2 Å². The molecule has 0 aromatic heterocycles. The molecule has 1 fully saturated rings. The lowest BCUT2D eigenvalue weighted by Gasteiger charge is -2.01. The quantitative estimate of drug-likeness (QED) is 0.284. The second-order valence-electron chi connectivity index (χ2n) is 3.01. The highest BCUT2D eigenvalue weighted by Gasteiger charge is 2.23. The third-order valence-electron chi connectivity index (χ3n) is 1.82.